The number of aromatic hydroxyl groups is 1. The first-order chi connectivity index (χ1) is 11.0. The summed E-state index contributed by atoms with van der Waals surface area (Å²) in [5, 5.41) is 21.1. The molecule has 0 atom stereocenters. The van der Waals surface area contributed by atoms with Crippen LogP contribution in [0.25, 0.3) is 6.08 Å². The molecule has 0 radical (unpaired) electrons. The summed E-state index contributed by atoms with van der Waals surface area (Å²) < 4.78 is 0. The lowest BCUT2D eigenvalue weighted by Gasteiger charge is -2.06. The average molecular weight is 306 g/mol. The number of nitrogens with one attached hydrogen (secondary N) is 1. The number of phenolic OH excluding ortho intramolecular Hbond substituents is 1. The monoisotopic (exact) mass is 306 g/mol. The SMILES string of the molecule is CC(C)c1ccc(C=C(C#N)C(=O)Nc2ccc(O)cc2)cc1. The zero-order chi connectivity index (χ0) is 16.8. The highest BCUT2D eigenvalue weighted by Gasteiger charge is 2.09. The molecular weight excluding hydrogens is 288 g/mol. The normalized spacial score (nSPS) is 11.1. The summed E-state index contributed by atoms with van der Waals surface area (Å²) >= 11 is 0. The summed E-state index contributed by atoms with van der Waals surface area (Å²) in [6.45, 7) is 4.22. The lowest BCUT2D eigenvalue weighted by molar-refractivity contribution is -0.112. The van der Waals surface area contributed by atoms with Crippen molar-refractivity contribution in [2.45, 2.75) is 19.8 Å². The first-order valence-corrected chi connectivity index (χ1v) is 7.31. The van der Waals surface area contributed by atoms with E-state index in [0.29, 0.717) is 11.6 Å². The topological polar surface area (TPSA) is 73.1 Å². The number of carbonyl (C=O) groups is 1. The Bertz CT molecular complexity index is 751. The van der Waals surface area contributed by atoms with Crippen molar-refractivity contribution in [1.82, 2.24) is 0 Å². The number of benzene rings is 2. The Labute approximate surface area is 135 Å². The first kappa shape index (κ1) is 16.3. The van der Waals surface area contributed by atoms with E-state index in [2.05, 4.69) is 19.2 Å². The molecule has 2 rings (SSSR count). The lowest BCUT2D eigenvalue weighted by Crippen LogP contribution is -2.13. The zero-order valence-electron chi connectivity index (χ0n) is 13.1. The molecular formula is C19H18N2O2. The largest absolute Gasteiger partial charge is 0.508 e. The lowest BCUT2D eigenvalue weighted by atomic mass is 10.0. The molecule has 0 heterocycles. The van der Waals surface area contributed by atoms with Crippen LogP contribution in [0.3, 0.4) is 0 Å². The maximum atomic E-state index is 12.1. The predicted molar refractivity (Wildman–Crippen MR) is 90.9 cm³/mol. The van der Waals surface area contributed by atoms with Gasteiger partial charge in [-0.05, 0) is 47.4 Å². The van der Waals surface area contributed by atoms with Crippen molar-refractivity contribution >= 4 is 17.7 Å². The van der Waals surface area contributed by atoms with Crippen LogP contribution < -0.4 is 5.32 Å². The van der Waals surface area contributed by atoms with E-state index in [9.17, 15) is 15.2 Å². The van der Waals surface area contributed by atoms with Crippen molar-refractivity contribution in [1.29, 1.82) is 5.26 Å². The van der Waals surface area contributed by atoms with Crippen molar-refractivity contribution in [2.24, 2.45) is 0 Å². The van der Waals surface area contributed by atoms with E-state index < -0.39 is 5.91 Å². The molecule has 0 saturated carbocycles. The average Bonchev–Trinajstić information content (AvgIpc) is 2.55. The van der Waals surface area contributed by atoms with Crippen molar-refractivity contribution in [3.05, 3.63) is 65.2 Å². The van der Waals surface area contributed by atoms with E-state index in [0.717, 1.165) is 5.56 Å². The molecule has 1 amide bonds. The van der Waals surface area contributed by atoms with Crippen LogP contribution in [-0.2, 0) is 4.79 Å². The Hall–Kier alpha value is -3.06. The van der Waals surface area contributed by atoms with E-state index in [1.165, 1.54) is 17.7 Å². The predicted octanol–water partition coefficient (Wildman–Crippen LogP) is 4.06. The third-order valence-electron chi connectivity index (χ3n) is 3.40. The summed E-state index contributed by atoms with van der Waals surface area (Å²) in [4.78, 5) is 12.1. The Morgan fingerprint density at radius 2 is 1.74 bits per heavy atom. The number of nitriles is 1. The molecule has 0 unspecified atom stereocenters. The molecule has 4 heteroatoms. The number of nitrogens with zero attached hydrogens (tertiary/aromatic N) is 1. The minimum Gasteiger partial charge on any atom is -0.508 e. The fourth-order valence-corrected chi connectivity index (χ4v) is 2.04. The molecule has 2 aromatic carbocycles. The van der Waals surface area contributed by atoms with Crippen LogP contribution in [0.5, 0.6) is 5.75 Å². The highest BCUT2D eigenvalue weighted by atomic mass is 16.3. The summed E-state index contributed by atoms with van der Waals surface area (Å²) in [6, 6.07) is 15.8. The van der Waals surface area contributed by atoms with E-state index in [1.54, 1.807) is 18.2 Å². The number of hydrogen-bond donors (Lipinski definition) is 2. The van der Waals surface area contributed by atoms with Crippen LogP contribution in [0.15, 0.2) is 54.1 Å². The van der Waals surface area contributed by atoms with Gasteiger partial charge in [0.15, 0.2) is 0 Å². The van der Waals surface area contributed by atoms with E-state index in [-0.39, 0.29) is 11.3 Å². The molecule has 0 aliphatic carbocycles. The summed E-state index contributed by atoms with van der Waals surface area (Å²) in [5.74, 6) is 0.0664. The Kier molecular flexibility index (Phi) is 5.16. The first-order valence-electron chi connectivity index (χ1n) is 7.31. The van der Waals surface area contributed by atoms with Crippen LogP contribution in [0, 0.1) is 11.3 Å². The van der Waals surface area contributed by atoms with Crippen LogP contribution in [-0.4, -0.2) is 11.0 Å². The molecule has 0 fully saturated rings. The highest BCUT2D eigenvalue weighted by molar-refractivity contribution is 6.09. The molecule has 0 aliphatic heterocycles. The second kappa shape index (κ2) is 7.28. The number of phenols is 1. The fraction of sp³-hybridized carbons (Fsp3) is 0.158. The van der Waals surface area contributed by atoms with Crippen LogP contribution in [0.2, 0.25) is 0 Å². The molecule has 0 aromatic heterocycles. The van der Waals surface area contributed by atoms with E-state index >= 15 is 0 Å². The molecule has 0 spiro atoms. The smallest absolute Gasteiger partial charge is 0.266 e. The van der Waals surface area contributed by atoms with Gasteiger partial charge >= 0.3 is 0 Å². The van der Waals surface area contributed by atoms with Gasteiger partial charge in [0.25, 0.3) is 5.91 Å². The molecule has 116 valence electrons. The van der Waals surface area contributed by atoms with Crippen molar-refractivity contribution in [3.63, 3.8) is 0 Å². The van der Waals surface area contributed by atoms with E-state index in [1.807, 2.05) is 30.3 Å². The van der Waals surface area contributed by atoms with Crippen molar-refractivity contribution in [2.75, 3.05) is 5.32 Å². The third-order valence-corrected chi connectivity index (χ3v) is 3.40. The number of amides is 1. The van der Waals surface area contributed by atoms with Crippen LogP contribution >= 0.6 is 0 Å². The Morgan fingerprint density at radius 1 is 1.13 bits per heavy atom. The summed E-state index contributed by atoms with van der Waals surface area (Å²) in [6.07, 6.45) is 1.56. The van der Waals surface area contributed by atoms with Gasteiger partial charge in [-0.25, -0.2) is 0 Å². The molecule has 2 N–H and O–H groups in total. The molecule has 0 bridgehead atoms. The maximum absolute atomic E-state index is 12.1. The van der Waals surface area contributed by atoms with Gasteiger partial charge in [-0.1, -0.05) is 38.1 Å². The van der Waals surface area contributed by atoms with Gasteiger partial charge in [-0.3, -0.25) is 4.79 Å². The zero-order valence-corrected chi connectivity index (χ0v) is 13.1. The molecule has 0 aliphatic rings. The Balaban J connectivity index is 2.16. The van der Waals surface area contributed by atoms with Gasteiger partial charge in [0.05, 0.1) is 0 Å². The Morgan fingerprint density at radius 3 is 2.26 bits per heavy atom. The van der Waals surface area contributed by atoms with Gasteiger partial charge < -0.3 is 10.4 Å². The minimum atomic E-state index is -0.480. The number of rotatable bonds is 4. The highest BCUT2D eigenvalue weighted by Crippen LogP contribution is 2.17. The summed E-state index contributed by atoms with van der Waals surface area (Å²) in [5.41, 5.74) is 2.54. The standard InChI is InChI=1S/C19H18N2O2/c1-13(2)15-5-3-14(4-6-15)11-16(12-20)19(23)21-17-7-9-18(22)10-8-17/h3-11,13,22H,1-2H3,(H,21,23). The second-order valence-electron chi connectivity index (χ2n) is 5.49. The van der Waals surface area contributed by atoms with E-state index in [4.69, 9.17) is 0 Å². The van der Waals surface area contributed by atoms with Crippen molar-refractivity contribution in [3.8, 4) is 11.8 Å². The third kappa shape index (κ3) is 4.45. The van der Waals surface area contributed by atoms with Gasteiger partial charge in [-0.2, -0.15) is 5.26 Å². The van der Waals surface area contributed by atoms with Crippen LogP contribution in [0.1, 0.15) is 30.9 Å². The minimum absolute atomic E-state index is 0.0235. The van der Waals surface area contributed by atoms with Crippen molar-refractivity contribution < 1.29 is 9.90 Å². The second-order valence-corrected chi connectivity index (χ2v) is 5.49. The molecule has 23 heavy (non-hydrogen) atoms. The number of carbonyl (C=O) groups excluding carboxylic acids is 1. The molecule has 4 nitrogen and oxygen atoms in total. The van der Waals surface area contributed by atoms with Gasteiger partial charge in [0, 0.05) is 5.69 Å². The number of hydrogen-bond acceptors (Lipinski definition) is 3. The summed E-state index contributed by atoms with van der Waals surface area (Å²) in [7, 11) is 0. The van der Waals surface area contributed by atoms with Gasteiger partial charge in [0.1, 0.15) is 17.4 Å². The van der Waals surface area contributed by atoms with Gasteiger partial charge in [-0.15, -0.1) is 0 Å². The maximum Gasteiger partial charge on any atom is 0.266 e. The molecule has 0 saturated heterocycles. The molecule has 2 aromatic rings. The van der Waals surface area contributed by atoms with Crippen LogP contribution in [0.4, 0.5) is 5.69 Å². The fourth-order valence-electron chi connectivity index (χ4n) is 2.04. The number of anilines is 1. The van der Waals surface area contributed by atoms with Gasteiger partial charge in [0.2, 0.25) is 0 Å². The quantitative estimate of drug-likeness (QED) is 0.508.